The number of nitrogens with zero attached hydrogens (tertiary/aromatic N) is 1. The van der Waals surface area contributed by atoms with E-state index in [2.05, 4.69) is 4.98 Å². The smallest absolute Gasteiger partial charge is 0.126 e. The molecule has 0 fully saturated rings. The summed E-state index contributed by atoms with van der Waals surface area (Å²) in [6, 6.07) is 12.6. The monoisotopic (exact) mass is 279 g/mol. The lowest BCUT2D eigenvalue weighted by molar-refractivity contribution is 0.0845. The van der Waals surface area contributed by atoms with Crippen LogP contribution in [0.25, 0.3) is 10.8 Å². The van der Waals surface area contributed by atoms with E-state index in [1.807, 2.05) is 30.3 Å². The Balaban J connectivity index is 2.01. The molecular formula is C18H14FNO. The molecule has 2 nitrogen and oxygen atoms in total. The maximum Gasteiger partial charge on any atom is 0.126 e. The number of fused-ring (bicyclic) bond motifs is 2. The minimum absolute atomic E-state index is 0.231. The first-order valence-corrected chi connectivity index (χ1v) is 7.03. The Morgan fingerprint density at radius 1 is 1.05 bits per heavy atom. The first-order chi connectivity index (χ1) is 10.2. The van der Waals surface area contributed by atoms with Crippen molar-refractivity contribution < 1.29 is 9.50 Å². The van der Waals surface area contributed by atoms with E-state index in [0.717, 1.165) is 16.3 Å². The lowest BCUT2D eigenvalue weighted by atomic mass is 9.85. The van der Waals surface area contributed by atoms with Crippen molar-refractivity contribution in [3.63, 3.8) is 0 Å². The van der Waals surface area contributed by atoms with Crippen molar-refractivity contribution in [2.45, 2.75) is 18.4 Å². The summed E-state index contributed by atoms with van der Waals surface area (Å²) < 4.78 is 13.9. The van der Waals surface area contributed by atoms with Crippen molar-refractivity contribution in [2.24, 2.45) is 0 Å². The van der Waals surface area contributed by atoms with Gasteiger partial charge in [0.25, 0.3) is 0 Å². The standard InChI is InChI=1S/C18H14FNO/c19-17-6-2-5-16-14(17)7-9-18(16,21)15-4-1-3-12-11-20-10-8-13(12)15/h1-6,8,10-11,21H,7,9H2. The third kappa shape index (κ3) is 1.71. The van der Waals surface area contributed by atoms with E-state index in [0.29, 0.717) is 24.0 Å². The van der Waals surface area contributed by atoms with Gasteiger partial charge in [-0.3, -0.25) is 4.98 Å². The van der Waals surface area contributed by atoms with Crippen molar-refractivity contribution in [1.82, 2.24) is 4.98 Å². The lowest BCUT2D eigenvalue weighted by Crippen LogP contribution is -2.24. The molecule has 0 saturated heterocycles. The van der Waals surface area contributed by atoms with E-state index in [9.17, 15) is 9.50 Å². The fourth-order valence-electron chi connectivity index (χ4n) is 3.40. The van der Waals surface area contributed by atoms with Gasteiger partial charge in [0.15, 0.2) is 0 Å². The summed E-state index contributed by atoms with van der Waals surface area (Å²) in [6.07, 6.45) is 4.56. The fourth-order valence-corrected chi connectivity index (χ4v) is 3.40. The summed E-state index contributed by atoms with van der Waals surface area (Å²) in [4.78, 5) is 4.12. The molecule has 104 valence electrons. The quantitative estimate of drug-likeness (QED) is 0.739. The molecule has 21 heavy (non-hydrogen) atoms. The fraction of sp³-hybridized carbons (Fsp3) is 0.167. The Morgan fingerprint density at radius 3 is 2.76 bits per heavy atom. The molecule has 1 aliphatic carbocycles. The predicted octanol–water partition coefficient (Wildman–Crippen LogP) is 3.56. The molecular weight excluding hydrogens is 265 g/mol. The summed E-state index contributed by atoms with van der Waals surface area (Å²) in [6.45, 7) is 0. The molecule has 1 aromatic heterocycles. The topological polar surface area (TPSA) is 33.1 Å². The number of benzene rings is 2. The second-order valence-electron chi connectivity index (χ2n) is 5.53. The van der Waals surface area contributed by atoms with Gasteiger partial charge in [-0.2, -0.15) is 0 Å². The van der Waals surface area contributed by atoms with Gasteiger partial charge < -0.3 is 5.11 Å². The number of aromatic nitrogens is 1. The van der Waals surface area contributed by atoms with Crippen LogP contribution in [0.1, 0.15) is 23.1 Å². The number of pyridine rings is 1. The summed E-state index contributed by atoms with van der Waals surface area (Å²) >= 11 is 0. The molecule has 0 bridgehead atoms. The van der Waals surface area contributed by atoms with E-state index in [1.54, 1.807) is 18.5 Å². The van der Waals surface area contributed by atoms with Crippen LogP contribution in [0.5, 0.6) is 0 Å². The summed E-state index contributed by atoms with van der Waals surface area (Å²) in [5.74, 6) is -0.231. The average molecular weight is 279 g/mol. The number of aliphatic hydroxyl groups is 1. The van der Waals surface area contributed by atoms with Crippen LogP contribution in [-0.4, -0.2) is 10.1 Å². The molecule has 4 rings (SSSR count). The van der Waals surface area contributed by atoms with E-state index in [4.69, 9.17) is 0 Å². The van der Waals surface area contributed by atoms with Gasteiger partial charge in [-0.25, -0.2) is 4.39 Å². The number of rotatable bonds is 1. The summed E-state index contributed by atoms with van der Waals surface area (Å²) in [5, 5.41) is 13.2. The Kier molecular flexibility index (Phi) is 2.59. The number of hydrogen-bond acceptors (Lipinski definition) is 2. The number of hydrogen-bond donors (Lipinski definition) is 1. The van der Waals surface area contributed by atoms with Gasteiger partial charge in [0, 0.05) is 17.8 Å². The van der Waals surface area contributed by atoms with Gasteiger partial charge in [0.1, 0.15) is 11.4 Å². The Bertz CT molecular complexity index is 840. The molecule has 1 heterocycles. The average Bonchev–Trinajstić information content (AvgIpc) is 2.87. The number of halogens is 1. The SMILES string of the molecule is OC1(c2cccc3cnccc23)CCc2c(F)cccc21. The molecule has 0 spiro atoms. The lowest BCUT2D eigenvalue weighted by Gasteiger charge is -2.26. The van der Waals surface area contributed by atoms with Crippen molar-refractivity contribution in [2.75, 3.05) is 0 Å². The van der Waals surface area contributed by atoms with Gasteiger partial charge in [-0.1, -0.05) is 30.3 Å². The molecule has 2 aromatic carbocycles. The van der Waals surface area contributed by atoms with E-state index in [1.165, 1.54) is 6.07 Å². The maximum absolute atomic E-state index is 13.9. The zero-order valence-electron chi connectivity index (χ0n) is 11.4. The van der Waals surface area contributed by atoms with Crippen LogP contribution >= 0.6 is 0 Å². The molecule has 0 aliphatic heterocycles. The molecule has 3 heteroatoms. The second-order valence-corrected chi connectivity index (χ2v) is 5.53. The minimum atomic E-state index is -1.13. The molecule has 0 saturated carbocycles. The normalized spacial score (nSPS) is 20.7. The molecule has 1 unspecified atom stereocenters. The van der Waals surface area contributed by atoms with Crippen LogP contribution in [-0.2, 0) is 12.0 Å². The third-order valence-corrected chi connectivity index (χ3v) is 4.43. The van der Waals surface area contributed by atoms with Crippen LogP contribution < -0.4 is 0 Å². The zero-order chi connectivity index (χ0) is 14.4. The van der Waals surface area contributed by atoms with Crippen molar-refractivity contribution >= 4 is 10.8 Å². The highest BCUT2D eigenvalue weighted by molar-refractivity contribution is 5.86. The molecule has 1 N–H and O–H groups in total. The highest BCUT2D eigenvalue weighted by Crippen LogP contribution is 2.44. The molecule has 1 atom stereocenters. The van der Waals surface area contributed by atoms with Crippen LogP contribution in [0.15, 0.2) is 54.9 Å². The van der Waals surface area contributed by atoms with Gasteiger partial charge in [0.2, 0.25) is 0 Å². The second kappa shape index (κ2) is 4.37. The largest absolute Gasteiger partial charge is 0.380 e. The van der Waals surface area contributed by atoms with Gasteiger partial charge >= 0.3 is 0 Å². The first-order valence-electron chi connectivity index (χ1n) is 7.03. The third-order valence-electron chi connectivity index (χ3n) is 4.43. The Morgan fingerprint density at radius 2 is 1.86 bits per heavy atom. The highest BCUT2D eigenvalue weighted by Gasteiger charge is 2.40. The van der Waals surface area contributed by atoms with Crippen LogP contribution in [0, 0.1) is 5.82 Å². The first kappa shape index (κ1) is 12.5. The van der Waals surface area contributed by atoms with Gasteiger partial charge in [0.05, 0.1) is 0 Å². The van der Waals surface area contributed by atoms with E-state index in [-0.39, 0.29) is 5.82 Å². The Hall–Kier alpha value is -2.26. The van der Waals surface area contributed by atoms with Crippen molar-refractivity contribution in [3.05, 3.63) is 77.4 Å². The zero-order valence-corrected chi connectivity index (χ0v) is 11.4. The highest BCUT2D eigenvalue weighted by atomic mass is 19.1. The molecule has 0 amide bonds. The predicted molar refractivity (Wildman–Crippen MR) is 79.5 cm³/mol. The minimum Gasteiger partial charge on any atom is -0.380 e. The van der Waals surface area contributed by atoms with Crippen LogP contribution in [0.2, 0.25) is 0 Å². The van der Waals surface area contributed by atoms with Crippen molar-refractivity contribution in [3.8, 4) is 0 Å². The maximum atomic E-state index is 13.9. The van der Waals surface area contributed by atoms with Crippen molar-refractivity contribution in [1.29, 1.82) is 0 Å². The molecule has 1 aliphatic rings. The van der Waals surface area contributed by atoms with Gasteiger partial charge in [-0.15, -0.1) is 0 Å². The van der Waals surface area contributed by atoms with Crippen LogP contribution in [0.3, 0.4) is 0 Å². The summed E-state index contributed by atoms with van der Waals surface area (Å²) in [7, 11) is 0. The van der Waals surface area contributed by atoms with E-state index < -0.39 is 5.60 Å². The molecule has 0 radical (unpaired) electrons. The molecule has 3 aromatic rings. The Labute approximate surface area is 121 Å². The van der Waals surface area contributed by atoms with Gasteiger partial charge in [-0.05, 0) is 47.1 Å². The van der Waals surface area contributed by atoms with E-state index >= 15 is 0 Å². The summed E-state index contributed by atoms with van der Waals surface area (Å²) in [5.41, 5.74) is 1.02. The van der Waals surface area contributed by atoms with Crippen LogP contribution in [0.4, 0.5) is 4.39 Å².